The normalized spacial score (nSPS) is 21.0. The molecule has 0 amide bonds. The summed E-state index contributed by atoms with van der Waals surface area (Å²) in [5.41, 5.74) is 0. The van der Waals surface area contributed by atoms with Gasteiger partial charge in [-0.2, -0.15) is 0 Å². The Balaban J connectivity index is 0.00000106. The lowest BCUT2D eigenvalue weighted by molar-refractivity contribution is -0.140. The molecule has 1 aromatic rings. The predicted octanol–water partition coefficient (Wildman–Crippen LogP) is 4.31. The summed E-state index contributed by atoms with van der Waals surface area (Å²) in [6.45, 7) is 6.74. The number of ether oxygens (including phenoxy) is 2. The number of carbonyl (C=O) groups is 1. The molecule has 4 heteroatoms. The van der Waals surface area contributed by atoms with Crippen LogP contribution in [0, 0.1) is 11.8 Å². The van der Waals surface area contributed by atoms with Gasteiger partial charge in [-0.1, -0.05) is 13.6 Å². The van der Waals surface area contributed by atoms with Crippen molar-refractivity contribution in [2.75, 3.05) is 13.3 Å². The molecule has 1 aliphatic rings. The van der Waals surface area contributed by atoms with Gasteiger partial charge in [-0.25, -0.2) is 0 Å². The molecule has 1 atom stereocenters. The molecule has 118 valence electrons. The van der Waals surface area contributed by atoms with E-state index in [-0.39, 0.29) is 11.9 Å². The van der Waals surface area contributed by atoms with Crippen molar-refractivity contribution in [3.63, 3.8) is 0 Å². The zero-order valence-corrected chi connectivity index (χ0v) is 14.5. The first-order valence-corrected chi connectivity index (χ1v) is 8.86. The van der Waals surface area contributed by atoms with Crippen molar-refractivity contribution in [1.29, 1.82) is 0 Å². The highest BCUT2D eigenvalue weighted by Gasteiger charge is 2.25. The van der Waals surface area contributed by atoms with E-state index < -0.39 is 0 Å². The first-order chi connectivity index (χ1) is 10.2. The summed E-state index contributed by atoms with van der Waals surface area (Å²) in [4.78, 5) is 12.0. The minimum atomic E-state index is -0.0870. The maximum absolute atomic E-state index is 12.0. The molecule has 1 aliphatic carbocycles. The fraction of sp³-hybridized carbons (Fsp3) is 0.588. The molecule has 21 heavy (non-hydrogen) atoms. The van der Waals surface area contributed by atoms with Crippen LogP contribution in [-0.2, 0) is 4.79 Å². The van der Waals surface area contributed by atoms with Gasteiger partial charge in [0.25, 0.3) is 0 Å². The van der Waals surface area contributed by atoms with Gasteiger partial charge >= 0.3 is 5.97 Å². The molecule has 0 N–H and O–H groups in total. The molecule has 3 nitrogen and oxygen atoms in total. The zero-order chi connectivity index (χ0) is 15.7. The first-order valence-electron chi connectivity index (χ1n) is 7.71. The standard InChI is InChI=1S/C16H22O3.CH5P/c1-3-18-14-8-10-15(11-9-14)19-16(17)13-6-4-12(2)5-7-13;1-2/h8-13H,3-7H2,1-2H3;2H2,1H3. The number of carbonyl (C=O) groups excluding carboxylic acids is 1. The second kappa shape index (κ2) is 9.78. The van der Waals surface area contributed by atoms with Crippen LogP contribution >= 0.6 is 9.24 Å². The molecule has 1 unspecified atom stereocenters. The Morgan fingerprint density at radius 2 is 1.62 bits per heavy atom. The van der Waals surface area contributed by atoms with Crippen molar-refractivity contribution in [3.8, 4) is 11.5 Å². The van der Waals surface area contributed by atoms with Crippen LogP contribution in [0.3, 0.4) is 0 Å². The Bertz CT molecular complexity index is 409. The Morgan fingerprint density at radius 3 is 2.14 bits per heavy atom. The number of esters is 1. The van der Waals surface area contributed by atoms with Gasteiger partial charge in [0.05, 0.1) is 12.5 Å². The molecule has 1 fully saturated rings. The average molecular weight is 310 g/mol. The molecule has 0 aromatic heterocycles. The molecule has 0 aliphatic heterocycles. The van der Waals surface area contributed by atoms with Gasteiger partial charge in [0.2, 0.25) is 0 Å². The van der Waals surface area contributed by atoms with E-state index in [4.69, 9.17) is 9.47 Å². The number of hydrogen-bond acceptors (Lipinski definition) is 3. The van der Waals surface area contributed by atoms with Gasteiger partial charge in [0, 0.05) is 0 Å². The van der Waals surface area contributed by atoms with Crippen LogP contribution in [0.1, 0.15) is 39.5 Å². The largest absolute Gasteiger partial charge is 0.494 e. The molecule has 0 radical (unpaired) electrons. The van der Waals surface area contributed by atoms with Gasteiger partial charge in [-0.15, -0.1) is 9.24 Å². The van der Waals surface area contributed by atoms with Crippen LogP contribution in [0.4, 0.5) is 0 Å². The topological polar surface area (TPSA) is 35.5 Å². The lowest BCUT2D eigenvalue weighted by Gasteiger charge is -2.24. The van der Waals surface area contributed by atoms with E-state index in [1.165, 1.54) is 0 Å². The lowest BCUT2D eigenvalue weighted by Crippen LogP contribution is -2.24. The van der Waals surface area contributed by atoms with Crippen molar-refractivity contribution in [2.45, 2.75) is 39.5 Å². The third kappa shape index (κ3) is 6.05. The zero-order valence-electron chi connectivity index (χ0n) is 13.3. The molecule has 0 saturated heterocycles. The van der Waals surface area contributed by atoms with E-state index in [0.717, 1.165) is 37.4 Å². The monoisotopic (exact) mass is 310 g/mol. The molecule has 1 aromatic carbocycles. The molecule has 1 saturated carbocycles. The summed E-state index contributed by atoms with van der Waals surface area (Å²) >= 11 is 0. The van der Waals surface area contributed by atoms with Crippen LogP contribution in [0.15, 0.2) is 24.3 Å². The maximum Gasteiger partial charge on any atom is 0.314 e. The number of hydrogen-bond donors (Lipinski definition) is 0. The summed E-state index contributed by atoms with van der Waals surface area (Å²) in [7, 11) is 2.42. The second-order valence-electron chi connectivity index (χ2n) is 5.28. The Hall–Kier alpha value is -1.08. The number of benzene rings is 1. The van der Waals surface area contributed by atoms with Crippen molar-refractivity contribution >= 4 is 15.2 Å². The molecule has 0 bridgehead atoms. The fourth-order valence-electron chi connectivity index (χ4n) is 2.47. The van der Waals surface area contributed by atoms with Crippen molar-refractivity contribution in [2.24, 2.45) is 11.8 Å². The molecular formula is C17H27O3P. The Labute approximate surface area is 130 Å². The van der Waals surface area contributed by atoms with Crippen LogP contribution in [-0.4, -0.2) is 19.2 Å². The third-order valence-corrected chi connectivity index (χ3v) is 3.70. The van der Waals surface area contributed by atoms with Crippen LogP contribution < -0.4 is 9.47 Å². The summed E-state index contributed by atoms with van der Waals surface area (Å²) < 4.78 is 10.8. The van der Waals surface area contributed by atoms with E-state index >= 15 is 0 Å². The van der Waals surface area contributed by atoms with Gasteiger partial charge in [-0.3, -0.25) is 4.79 Å². The highest BCUT2D eigenvalue weighted by atomic mass is 31.0. The van der Waals surface area contributed by atoms with Gasteiger partial charge in [-0.05, 0) is 62.8 Å². The van der Waals surface area contributed by atoms with Crippen molar-refractivity contribution in [1.82, 2.24) is 0 Å². The highest BCUT2D eigenvalue weighted by molar-refractivity contribution is 7.15. The van der Waals surface area contributed by atoms with Crippen LogP contribution in [0.25, 0.3) is 0 Å². The first kappa shape index (κ1) is 18.0. The van der Waals surface area contributed by atoms with Gasteiger partial charge < -0.3 is 9.47 Å². The molecular weight excluding hydrogens is 283 g/mol. The van der Waals surface area contributed by atoms with E-state index in [9.17, 15) is 4.79 Å². The summed E-state index contributed by atoms with van der Waals surface area (Å²) in [5, 5.41) is 0. The summed E-state index contributed by atoms with van der Waals surface area (Å²) in [6.07, 6.45) is 4.17. The minimum Gasteiger partial charge on any atom is -0.494 e. The Kier molecular flexibility index (Phi) is 8.37. The van der Waals surface area contributed by atoms with E-state index in [1.807, 2.05) is 25.7 Å². The van der Waals surface area contributed by atoms with Crippen LogP contribution in [0.5, 0.6) is 11.5 Å². The molecule has 0 spiro atoms. The van der Waals surface area contributed by atoms with Crippen molar-refractivity contribution in [3.05, 3.63) is 24.3 Å². The Morgan fingerprint density at radius 1 is 1.10 bits per heavy atom. The quantitative estimate of drug-likeness (QED) is 0.472. The van der Waals surface area contributed by atoms with E-state index in [1.54, 1.807) is 12.1 Å². The van der Waals surface area contributed by atoms with Gasteiger partial charge in [0.1, 0.15) is 11.5 Å². The fourth-order valence-corrected chi connectivity index (χ4v) is 2.47. The minimum absolute atomic E-state index is 0.0720. The smallest absolute Gasteiger partial charge is 0.314 e. The van der Waals surface area contributed by atoms with Gasteiger partial charge in [0.15, 0.2) is 0 Å². The second-order valence-corrected chi connectivity index (χ2v) is 5.28. The SMILES string of the molecule is CCOc1ccc(OC(=O)C2CCC(C)CC2)cc1.CP. The molecule has 0 heterocycles. The third-order valence-electron chi connectivity index (χ3n) is 3.70. The summed E-state index contributed by atoms with van der Waals surface area (Å²) in [5.74, 6) is 2.13. The summed E-state index contributed by atoms with van der Waals surface area (Å²) in [6, 6.07) is 7.23. The predicted molar refractivity (Wildman–Crippen MR) is 90.0 cm³/mol. The maximum atomic E-state index is 12.0. The number of rotatable bonds is 4. The lowest BCUT2D eigenvalue weighted by atomic mass is 9.83. The van der Waals surface area contributed by atoms with Crippen LogP contribution in [0.2, 0.25) is 0 Å². The average Bonchev–Trinajstić information content (AvgIpc) is 2.52. The highest BCUT2D eigenvalue weighted by Crippen LogP contribution is 2.29. The molecule has 2 rings (SSSR count). The van der Waals surface area contributed by atoms with E-state index in [2.05, 4.69) is 16.2 Å². The van der Waals surface area contributed by atoms with Crippen molar-refractivity contribution < 1.29 is 14.3 Å². The van der Waals surface area contributed by atoms with E-state index in [0.29, 0.717) is 12.4 Å².